The Bertz CT molecular complexity index is 452. The highest BCUT2D eigenvalue weighted by Crippen LogP contribution is 2.14. The van der Waals surface area contributed by atoms with Crippen molar-refractivity contribution in [2.24, 2.45) is 0 Å². The van der Waals surface area contributed by atoms with Crippen molar-refractivity contribution in [1.29, 1.82) is 5.26 Å². The second kappa shape index (κ2) is 5.42. The largest absolute Gasteiger partial charge is 0.337 e. The molecule has 0 heterocycles. The van der Waals surface area contributed by atoms with Gasteiger partial charge in [0.15, 0.2) is 11.5 Å². The molecule has 0 saturated carbocycles. The van der Waals surface area contributed by atoms with E-state index in [1.165, 1.54) is 0 Å². The smallest absolute Gasteiger partial charge is 0.259 e. The molecule has 0 spiro atoms. The number of nitrogens with zero attached hydrogens (tertiary/aromatic N) is 2. The molecule has 84 valence electrons. The van der Waals surface area contributed by atoms with Gasteiger partial charge >= 0.3 is 0 Å². The number of hydroxylamine groups is 2. The van der Waals surface area contributed by atoms with Gasteiger partial charge < -0.3 is 9.68 Å². The second-order valence-corrected chi connectivity index (χ2v) is 3.17. The first kappa shape index (κ1) is 10.8. The van der Waals surface area contributed by atoms with Crippen LogP contribution in [0.2, 0.25) is 0 Å². The maximum absolute atomic E-state index is 8.87. The van der Waals surface area contributed by atoms with Gasteiger partial charge in [-0.15, -0.1) is 0 Å². The standard InChI is InChI=1S/C13H10N2O2/c14-11-15(16-12-7-3-1-4-8-12)17-13-9-5-2-6-10-13/h1-10H. The van der Waals surface area contributed by atoms with Gasteiger partial charge in [-0.05, 0) is 24.3 Å². The Morgan fingerprint density at radius 2 is 1.18 bits per heavy atom. The van der Waals surface area contributed by atoms with Crippen molar-refractivity contribution in [2.75, 3.05) is 0 Å². The minimum absolute atomic E-state index is 0.532. The molecule has 0 aliphatic heterocycles. The summed E-state index contributed by atoms with van der Waals surface area (Å²) in [6, 6.07) is 17.9. The summed E-state index contributed by atoms with van der Waals surface area (Å²) in [7, 11) is 0. The van der Waals surface area contributed by atoms with Crippen LogP contribution in [0.5, 0.6) is 11.5 Å². The average molecular weight is 226 g/mol. The van der Waals surface area contributed by atoms with Crippen LogP contribution in [0.1, 0.15) is 0 Å². The first-order valence-corrected chi connectivity index (χ1v) is 5.04. The Labute approximate surface area is 99.1 Å². The van der Waals surface area contributed by atoms with Gasteiger partial charge in [-0.25, -0.2) is 0 Å². The maximum Gasteiger partial charge on any atom is 0.259 e. The van der Waals surface area contributed by atoms with E-state index in [9.17, 15) is 0 Å². The first-order valence-electron chi connectivity index (χ1n) is 5.04. The molecule has 0 fully saturated rings. The monoisotopic (exact) mass is 226 g/mol. The number of hydrogen-bond donors (Lipinski definition) is 0. The highest BCUT2D eigenvalue weighted by Gasteiger charge is 2.06. The number of hydrogen-bond acceptors (Lipinski definition) is 4. The van der Waals surface area contributed by atoms with Gasteiger partial charge in [0, 0.05) is 5.23 Å². The van der Waals surface area contributed by atoms with Crippen molar-refractivity contribution in [1.82, 2.24) is 5.23 Å². The van der Waals surface area contributed by atoms with Crippen molar-refractivity contribution in [3.05, 3.63) is 60.7 Å². The molecule has 4 heteroatoms. The minimum Gasteiger partial charge on any atom is -0.337 e. The third kappa shape index (κ3) is 3.14. The van der Waals surface area contributed by atoms with E-state index in [2.05, 4.69) is 0 Å². The van der Waals surface area contributed by atoms with E-state index >= 15 is 0 Å². The highest BCUT2D eigenvalue weighted by molar-refractivity contribution is 5.22. The Hall–Kier alpha value is -2.67. The quantitative estimate of drug-likeness (QED) is 0.457. The lowest BCUT2D eigenvalue weighted by atomic mass is 10.3. The van der Waals surface area contributed by atoms with E-state index in [0.717, 1.165) is 5.23 Å². The average Bonchev–Trinajstić information content (AvgIpc) is 2.40. The summed E-state index contributed by atoms with van der Waals surface area (Å²) in [5, 5.41) is 9.63. The molecule has 0 aliphatic rings. The van der Waals surface area contributed by atoms with Crippen molar-refractivity contribution in [3.8, 4) is 17.7 Å². The third-order valence-electron chi connectivity index (χ3n) is 1.94. The summed E-state index contributed by atoms with van der Waals surface area (Å²) < 4.78 is 0. The van der Waals surface area contributed by atoms with Gasteiger partial charge in [-0.3, -0.25) is 0 Å². The molecule has 0 aromatic heterocycles. The number of rotatable bonds is 4. The number of benzene rings is 2. The molecule has 0 radical (unpaired) electrons. The Balaban J connectivity index is 2.01. The van der Waals surface area contributed by atoms with Crippen LogP contribution in [-0.4, -0.2) is 5.23 Å². The van der Waals surface area contributed by atoms with Crippen molar-refractivity contribution in [2.45, 2.75) is 0 Å². The normalized spacial score (nSPS) is 9.12. The molecule has 17 heavy (non-hydrogen) atoms. The predicted molar refractivity (Wildman–Crippen MR) is 61.6 cm³/mol. The van der Waals surface area contributed by atoms with Crippen molar-refractivity contribution in [3.63, 3.8) is 0 Å². The van der Waals surface area contributed by atoms with Gasteiger partial charge in [-0.2, -0.15) is 5.26 Å². The summed E-state index contributed by atoms with van der Waals surface area (Å²) in [6.07, 6.45) is 1.79. The fourth-order valence-electron chi connectivity index (χ4n) is 1.21. The molecular formula is C13H10N2O2. The SMILES string of the molecule is N#CN(Oc1ccccc1)Oc1ccccc1. The molecule has 2 aromatic rings. The molecular weight excluding hydrogens is 216 g/mol. The first-order chi connectivity index (χ1) is 8.38. The van der Waals surface area contributed by atoms with E-state index < -0.39 is 0 Å². The van der Waals surface area contributed by atoms with Crippen LogP contribution in [-0.2, 0) is 0 Å². The molecule has 0 bridgehead atoms. The van der Waals surface area contributed by atoms with Gasteiger partial charge in [0.1, 0.15) is 0 Å². The summed E-state index contributed by atoms with van der Waals surface area (Å²) in [4.78, 5) is 10.4. The lowest BCUT2D eigenvalue weighted by Crippen LogP contribution is -2.25. The van der Waals surface area contributed by atoms with E-state index in [1.54, 1.807) is 30.5 Å². The van der Waals surface area contributed by atoms with Gasteiger partial charge in [0.25, 0.3) is 6.19 Å². The molecule has 0 amide bonds. The van der Waals surface area contributed by atoms with Gasteiger partial charge in [-0.1, -0.05) is 36.4 Å². The molecule has 0 aliphatic carbocycles. The summed E-state index contributed by atoms with van der Waals surface area (Å²) >= 11 is 0. The number of para-hydroxylation sites is 2. The fourth-order valence-corrected chi connectivity index (χ4v) is 1.21. The topological polar surface area (TPSA) is 45.5 Å². The molecule has 2 rings (SSSR count). The Morgan fingerprint density at radius 3 is 1.53 bits per heavy atom. The third-order valence-corrected chi connectivity index (χ3v) is 1.94. The molecule has 0 unspecified atom stereocenters. The summed E-state index contributed by atoms with van der Waals surface area (Å²) in [6.45, 7) is 0. The minimum atomic E-state index is 0.532. The van der Waals surface area contributed by atoms with Crippen LogP contribution in [0.4, 0.5) is 0 Å². The Morgan fingerprint density at radius 1 is 0.765 bits per heavy atom. The summed E-state index contributed by atoms with van der Waals surface area (Å²) in [5.41, 5.74) is 0. The molecule has 0 saturated heterocycles. The molecule has 0 N–H and O–H groups in total. The van der Waals surface area contributed by atoms with Crippen LogP contribution in [0, 0.1) is 11.5 Å². The second-order valence-electron chi connectivity index (χ2n) is 3.17. The van der Waals surface area contributed by atoms with E-state index in [4.69, 9.17) is 14.9 Å². The van der Waals surface area contributed by atoms with E-state index in [1.807, 2.05) is 36.4 Å². The van der Waals surface area contributed by atoms with Crippen molar-refractivity contribution < 1.29 is 9.68 Å². The zero-order valence-electron chi connectivity index (χ0n) is 8.98. The van der Waals surface area contributed by atoms with E-state index in [-0.39, 0.29) is 0 Å². The van der Waals surface area contributed by atoms with Crippen LogP contribution in [0.3, 0.4) is 0 Å². The van der Waals surface area contributed by atoms with Crippen molar-refractivity contribution >= 4 is 0 Å². The highest BCUT2D eigenvalue weighted by atomic mass is 16.9. The predicted octanol–water partition coefficient (Wildman–Crippen LogP) is 2.76. The lowest BCUT2D eigenvalue weighted by molar-refractivity contribution is -0.206. The zero-order chi connectivity index (χ0) is 11.9. The molecule has 2 aromatic carbocycles. The number of nitriles is 1. The maximum atomic E-state index is 8.87. The van der Waals surface area contributed by atoms with Gasteiger partial charge in [0.2, 0.25) is 0 Å². The van der Waals surface area contributed by atoms with Crippen LogP contribution >= 0.6 is 0 Å². The van der Waals surface area contributed by atoms with E-state index in [0.29, 0.717) is 11.5 Å². The Kier molecular flexibility index (Phi) is 3.46. The van der Waals surface area contributed by atoms with Crippen LogP contribution < -0.4 is 9.68 Å². The fraction of sp³-hybridized carbons (Fsp3) is 0. The van der Waals surface area contributed by atoms with Crippen LogP contribution in [0.15, 0.2) is 60.7 Å². The molecule has 0 atom stereocenters. The summed E-state index contributed by atoms with van der Waals surface area (Å²) in [5.74, 6) is 1.06. The zero-order valence-corrected chi connectivity index (χ0v) is 8.98. The van der Waals surface area contributed by atoms with Crippen LogP contribution in [0.25, 0.3) is 0 Å². The van der Waals surface area contributed by atoms with Gasteiger partial charge in [0.05, 0.1) is 0 Å². The molecule has 4 nitrogen and oxygen atoms in total. The lowest BCUT2D eigenvalue weighted by Gasteiger charge is -2.15.